The summed E-state index contributed by atoms with van der Waals surface area (Å²) >= 11 is 0. The molecule has 104 valence electrons. The number of aryl methyl sites for hydroxylation is 2. The summed E-state index contributed by atoms with van der Waals surface area (Å²) < 4.78 is 31.0. The SMILES string of the molecule is CCNCCCS(=O)(=O)NCc1c(C)noc1C. The molecule has 6 nitrogen and oxygen atoms in total. The molecule has 0 amide bonds. The van der Waals surface area contributed by atoms with Crippen molar-refractivity contribution in [2.75, 3.05) is 18.8 Å². The van der Waals surface area contributed by atoms with E-state index in [1.807, 2.05) is 6.92 Å². The zero-order valence-electron chi connectivity index (χ0n) is 11.1. The minimum absolute atomic E-state index is 0.128. The predicted molar refractivity (Wildman–Crippen MR) is 69.8 cm³/mol. The smallest absolute Gasteiger partial charge is 0.211 e. The standard InChI is InChI=1S/C11H21N3O3S/c1-4-12-6-5-7-18(15,16)13-8-11-9(2)14-17-10(11)3/h12-13H,4-8H2,1-3H3. The number of aromatic nitrogens is 1. The van der Waals surface area contributed by atoms with Gasteiger partial charge in [0.2, 0.25) is 10.0 Å². The number of hydrogen-bond donors (Lipinski definition) is 2. The van der Waals surface area contributed by atoms with Crippen molar-refractivity contribution < 1.29 is 12.9 Å². The number of nitrogens with zero attached hydrogens (tertiary/aromatic N) is 1. The van der Waals surface area contributed by atoms with E-state index in [0.717, 1.165) is 17.8 Å². The van der Waals surface area contributed by atoms with E-state index in [-0.39, 0.29) is 12.3 Å². The molecule has 0 aromatic carbocycles. The maximum atomic E-state index is 11.7. The third-order valence-corrected chi connectivity index (χ3v) is 4.08. The highest BCUT2D eigenvalue weighted by atomic mass is 32.2. The van der Waals surface area contributed by atoms with Crippen molar-refractivity contribution in [3.63, 3.8) is 0 Å². The van der Waals surface area contributed by atoms with E-state index in [9.17, 15) is 8.42 Å². The minimum Gasteiger partial charge on any atom is -0.361 e. The second-order valence-electron chi connectivity index (χ2n) is 4.15. The van der Waals surface area contributed by atoms with Crippen LogP contribution in [0.2, 0.25) is 0 Å². The molecule has 1 aromatic heterocycles. The third kappa shape index (κ3) is 4.75. The lowest BCUT2D eigenvalue weighted by molar-refractivity contribution is 0.392. The van der Waals surface area contributed by atoms with Crippen LogP contribution in [0.4, 0.5) is 0 Å². The lowest BCUT2D eigenvalue weighted by Gasteiger charge is -2.06. The minimum atomic E-state index is -3.23. The predicted octanol–water partition coefficient (Wildman–Crippen LogP) is 0.710. The first-order chi connectivity index (χ1) is 8.46. The zero-order chi connectivity index (χ0) is 13.6. The van der Waals surface area contributed by atoms with Gasteiger partial charge in [0.05, 0.1) is 11.4 Å². The van der Waals surface area contributed by atoms with Gasteiger partial charge in [-0.2, -0.15) is 0 Å². The van der Waals surface area contributed by atoms with Crippen LogP contribution in [0, 0.1) is 13.8 Å². The van der Waals surface area contributed by atoms with Gasteiger partial charge in [0.15, 0.2) is 0 Å². The van der Waals surface area contributed by atoms with Crippen molar-refractivity contribution in [2.24, 2.45) is 0 Å². The molecule has 1 aromatic rings. The van der Waals surface area contributed by atoms with Crippen LogP contribution in [0.3, 0.4) is 0 Å². The highest BCUT2D eigenvalue weighted by molar-refractivity contribution is 7.89. The molecule has 0 aliphatic rings. The van der Waals surface area contributed by atoms with Crippen molar-refractivity contribution >= 4 is 10.0 Å². The van der Waals surface area contributed by atoms with E-state index in [1.54, 1.807) is 13.8 Å². The topological polar surface area (TPSA) is 84.2 Å². The fraction of sp³-hybridized carbons (Fsp3) is 0.727. The first-order valence-corrected chi connectivity index (χ1v) is 7.71. The molecule has 0 aliphatic carbocycles. The van der Waals surface area contributed by atoms with Crippen molar-refractivity contribution in [3.8, 4) is 0 Å². The van der Waals surface area contributed by atoms with Gasteiger partial charge >= 0.3 is 0 Å². The van der Waals surface area contributed by atoms with Crippen LogP contribution in [-0.2, 0) is 16.6 Å². The van der Waals surface area contributed by atoms with E-state index in [0.29, 0.717) is 18.7 Å². The largest absolute Gasteiger partial charge is 0.361 e. The van der Waals surface area contributed by atoms with E-state index in [2.05, 4.69) is 15.2 Å². The van der Waals surface area contributed by atoms with E-state index < -0.39 is 10.0 Å². The van der Waals surface area contributed by atoms with Crippen molar-refractivity contribution in [3.05, 3.63) is 17.0 Å². The lowest BCUT2D eigenvalue weighted by Crippen LogP contribution is -2.28. The summed E-state index contributed by atoms with van der Waals surface area (Å²) in [6.45, 7) is 7.37. The van der Waals surface area contributed by atoms with Gasteiger partial charge in [-0.25, -0.2) is 13.1 Å². The second kappa shape index (κ2) is 6.86. The Bertz CT molecular complexity index is 448. The van der Waals surface area contributed by atoms with Gasteiger partial charge < -0.3 is 9.84 Å². The number of rotatable bonds is 8. The maximum absolute atomic E-state index is 11.7. The molecule has 0 saturated heterocycles. The molecule has 0 fully saturated rings. The van der Waals surface area contributed by atoms with Gasteiger partial charge in [-0.05, 0) is 33.4 Å². The van der Waals surface area contributed by atoms with Crippen LogP contribution in [0.25, 0.3) is 0 Å². The van der Waals surface area contributed by atoms with Crippen LogP contribution < -0.4 is 10.0 Å². The molecule has 0 unspecified atom stereocenters. The van der Waals surface area contributed by atoms with Crippen molar-refractivity contribution in [1.29, 1.82) is 0 Å². The second-order valence-corrected chi connectivity index (χ2v) is 6.08. The summed E-state index contributed by atoms with van der Waals surface area (Å²) in [6, 6.07) is 0. The monoisotopic (exact) mass is 275 g/mol. The number of nitrogens with one attached hydrogen (secondary N) is 2. The maximum Gasteiger partial charge on any atom is 0.211 e. The summed E-state index contributed by atoms with van der Waals surface area (Å²) in [6.07, 6.45) is 0.602. The van der Waals surface area contributed by atoms with Crippen molar-refractivity contribution in [1.82, 2.24) is 15.2 Å². The van der Waals surface area contributed by atoms with Crippen LogP contribution in [0.15, 0.2) is 4.52 Å². The summed E-state index contributed by atoms with van der Waals surface area (Å²) in [5, 5.41) is 6.88. The molecule has 0 bridgehead atoms. The Morgan fingerprint density at radius 1 is 1.33 bits per heavy atom. The van der Waals surface area contributed by atoms with E-state index >= 15 is 0 Å². The molecular weight excluding hydrogens is 254 g/mol. The van der Waals surface area contributed by atoms with Crippen LogP contribution in [0.5, 0.6) is 0 Å². The van der Waals surface area contributed by atoms with Gasteiger partial charge in [-0.15, -0.1) is 0 Å². The molecular formula is C11H21N3O3S. The third-order valence-electron chi connectivity index (χ3n) is 2.67. The molecule has 0 spiro atoms. The Balaban J connectivity index is 2.42. The fourth-order valence-electron chi connectivity index (χ4n) is 1.57. The molecule has 0 saturated carbocycles. The first-order valence-electron chi connectivity index (χ1n) is 6.06. The molecule has 0 radical (unpaired) electrons. The molecule has 1 rings (SSSR count). The van der Waals surface area contributed by atoms with E-state index in [1.165, 1.54) is 0 Å². The average Bonchev–Trinajstić information content (AvgIpc) is 2.62. The summed E-state index contributed by atoms with van der Waals surface area (Å²) in [5.41, 5.74) is 1.54. The zero-order valence-corrected chi connectivity index (χ0v) is 11.9. The highest BCUT2D eigenvalue weighted by Crippen LogP contribution is 2.11. The Kier molecular flexibility index (Phi) is 5.77. The molecule has 0 atom stereocenters. The molecule has 0 aliphatic heterocycles. The van der Waals surface area contributed by atoms with Crippen LogP contribution in [0.1, 0.15) is 30.4 Å². The first kappa shape index (κ1) is 15.1. The van der Waals surface area contributed by atoms with Gasteiger partial charge in [0.1, 0.15) is 5.76 Å². The van der Waals surface area contributed by atoms with Crippen molar-refractivity contribution in [2.45, 2.75) is 33.7 Å². The molecule has 7 heteroatoms. The quantitative estimate of drug-likeness (QED) is 0.683. The Labute approximate surface area is 108 Å². The average molecular weight is 275 g/mol. The highest BCUT2D eigenvalue weighted by Gasteiger charge is 2.14. The Morgan fingerprint density at radius 2 is 2.06 bits per heavy atom. The summed E-state index contributed by atoms with van der Waals surface area (Å²) in [5.74, 6) is 0.784. The molecule has 2 N–H and O–H groups in total. The van der Waals surface area contributed by atoms with E-state index in [4.69, 9.17) is 4.52 Å². The van der Waals surface area contributed by atoms with Gasteiger partial charge in [0.25, 0.3) is 0 Å². The number of sulfonamides is 1. The lowest BCUT2D eigenvalue weighted by atomic mass is 10.2. The molecule has 18 heavy (non-hydrogen) atoms. The van der Waals surface area contributed by atoms with Gasteiger partial charge in [-0.1, -0.05) is 12.1 Å². The Morgan fingerprint density at radius 3 is 2.61 bits per heavy atom. The Hall–Kier alpha value is -0.920. The summed E-state index contributed by atoms with van der Waals surface area (Å²) in [7, 11) is -3.23. The molecule has 1 heterocycles. The van der Waals surface area contributed by atoms with Gasteiger partial charge in [-0.3, -0.25) is 0 Å². The van der Waals surface area contributed by atoms with Crippen LogP contribution in [-0.4, -0.2) is 32.4 Å². The normalized spacial score (nSPS) is 11.9. The summed E-state index contributed by atoms with van der Waals surface area (Å²) in [4.78, 5) is 0. The number of hydrogen-bond acceptors (Lipinski definition) is 5. The van der Waals surface area contributed by atoms with Gasteiger partial charge in [0, 0.05) is 12.1 Å². The fourth-order valence-corrected chi connectivity index (χ4v) is 2.61. The van der Waals surface area contributed by atoms with Crippen LogP contribution >= 0.6 is 0 Å².